The Labute approximate surface area is 227 Å². The Hall–Kier alpha value is -2.58. The van der Waals surface area contributed by atoms with Crippen LogP contribution in [0.15, 0.2) is 72.8 Å². The van der Waals surface area contributed by atoms with Gasteiger partial charge < -0.3 is 4.74 Å². The van der Waals surface area contributed by atoms with Gasteiger partial charge in [0.2, 0.25) is 0 Å². The number of ether oxygens (including phenoxy) is 1. The fourth-order valence-electron chi connectivity index (χ4n) is 3.63. The highest BCUT2D eigenvalue weighted by Gasteiger charge is 2.33. The van der Waals surface area contributed by atoms with E-state index >= 15 is 0 Å². The van der Waals surface area contributed by atoms with Gasteiger partial charge in [0.05, 0.1) is 31.2 Å². The molecule has 1 nitrogen and oxygen atoms in total. The Kier molecular flexibility index (Phi) is 7.64. The second-order valence-corrected chi connectivity index (χ2v) is 9.35. The van der Waals surface area contributed by atoms with Gasteiger partial charge in [0.15, 0.2) is 0 Å². The molecule has 0 fully saturated rings. The van der Waals surface area contributed by atoms with Gasteiger partial charge in [0, 0.05) is 22.3 Å². The molecule has 0 unspecified atom stereocenters. The molecule has 0 radical (unpaired) electrons. The summed E-state index contributed by atoms with van der Waals surface area (Å²) in [5.41, 5.74) is -1.25. The smallest absolute Gasteiger partial charge is 0.416 e. The van der Waals surface area contributed by atoms with Gasteiger partial charge in [-0.2, -0.15) is 26.3 Å². The average molecular weight is 596 g/mol. The number of hydrogen-bond donors (Lipinski definition) is 0. The second kappa shape index (κ2) is 10.3. The third kappa shape index (κ3) is 5.80. The van der Waals surface area contributed by atoms with E-state index in [0.29, 0.717) is 0 Å². The van der Waals surface area contributed by atoms with Crippen LogP contribution in [0.2, 0.25) is 20.1 Å². The Morgan fingerprint density at radius 2 is 0.784 bits per heavy atom. The number of para-hydroxylation sites is 2. The number of halogens is 10. The predicted octanol–water partition coefficient (Wildman–Crippen LogP) is 11.5. The number of benzene rings is 4. The maximum atomic E-state index is 13.2. The van der Waals surface area contributed by atoms with Crippen molar-refractivity contribution in [3.8, 4) is 33.8 Å². The molecule has 0 N–H and O–H groups in total. The van der Waals surface area contributed by atoms with Crippen LogP contribution in [-0.4, -0.2) is 0 Å². The topological polar surface area (TPSA) is 9.23 Å². The first-order valence-electron chi connectivity index (χ1n) is 10.3. The van der Waals surface area contributed by atoms with Crippen molar-refractivity contribution < 1.29 is 31.1 Å². The van der Waals surface area contributed by atoms with Crippen molar-refractivity contribution in [1.82, 2.24) is 0 Å². The lowest BCUT2D eigenvalue weighted by Gasteiger charge is -2.18. The number of alkyl halides is 6. The van der Waals surface area contributed by atoms with Crippen LogP contribution in [0.4, 0.5) is 26.3 Å². The molecule has 0 aromatic heterocycles. The fraction of sp³-hybridized carbons (Fsp3) is 0.0769. The average Bonchev–Trinajstić information content (AvgIpc) is 2.79. The van der Waals surface area contributed by atoms with E-state index in [0.717, 1.165) is 24.3 Å². The van der Waals surface area contributed by atoms with E-state index in [9.17, 15) is 26.3 Å². The van der Waals surface area contributed by atoms with Gasteiger partial charge in [-0.1, -0.05) is 82.8 Å². The molecule has 4 aromatic carbocycles. The maximum Gasteiger partial charge on any atom is 0.416 e. The molecule has 0 bridgehead atoms. The summed E-state index contributed by atoms with van der Waals surface area (Å²) in [6.45, 7) is 0. The quantitative estimate of drug-likeness (QED) is 0.213. The molecule has 0 spiro atoms. The highest BCUT2D eigenvalue weighted by Crippen LogP contribution is 2.47. The molecule has 0 saturated heterocycles. The van der Waals surface area contributed by atoms with Gasteiger partial charge in [-0.05, 0) is 36.4 Å². The minimum absolute atomic E-state index is 0.106. The lowest BCUT2D eigenvalue weighted by molar-refractivity contribution is -0.138. The van der Waals surface area contributed by atoms with Crippen molar-refractivity contribution in [2.24, 2.45) is 0 Å². The number of rotatable bonds is 4. The van der Waals surface area contributed by atoms with Crippen molar-refractivity contribution in [1.29, 1.82) is 0 Å². The molecule has 0 atom stereocenters. The molecular formula is C26H12Cl4F6O. The van der Waals surface area contributed by atoms with Crippen LogP contribution in [0.3, 0.4) is 0 Å². The molecular weight excluding hydrogens is 584 g/mol. The van der Waals surface area contributed by atoms with E-state index in [1.165, 1.54) is 12.1 Å². The summed E-state index contributed by atoms with van der Waals surface area (Å²) in [4.78, 5) is 0. The molecule has 0 aliphatic heterocycles. The molecule has 0 saturated carbocycles. The van der Waals surface area contributed by atoms with E-state index in [1.54, 1.807) is 36.4 Å². The Balaban J connectivity index is 1.82. The monoisotopic (exact) mass is 594 g/mol. The molecule has 0 aliphatic rings. The van der Waals surface area contributed by atoms with Gasteiger partial charge in [-0.25, -0.2) is 0 Å². The van der Waals surface area contributed by atoms with Crippen LogP contribution in [0.25, 0.3) is 22.3 Å². The second-order valence-electron chi connectivity index (χ2n) is 7.72. The molecule has 0 aliphatic carbocycles. The first kappa shape index (κ1) is 27.5. The zero-order valence-corrected chi connectivity index (χ0v) is 21.1. The largest absolute Gasteiger partial charge is 0.456 e. The third-order valence-corrected chi connectivity index (χ3v) is 6.46. The predicted molar refractivity (Wildman–Crippen MR) is 134 cm³/mol. The molecule has 4 rings (SSSR count). The summed E-state index contributed by atoms with van der Waals surface area (Å²) in [7, 11) is 0. The molecule has 0 amide bonds. The van der Waals surface area contributed by atoms with Gasteiger partial charge in [-0.15, -0.1) is 0 Å². The van der Waals surface area contributed by atoms with Crippen LogP contribution in [-0.2, 0) is 12.4 Å². The number of hydrogen-bond acceptors (Lipinski definition) is 1. The zero-order chi connectivity index (χ0) is 27.1. The lowest BCUT2D eigenvalue weighted by atomic mass is 10.0. The summed E-state index contributed by atoms with van der Waals surface area (Å²) < 4.78 is 85.2. The van der Waals surface area contributed by atoms with Crippen molar-refractivity contribution in [3.05, 3.63) is 104 Å². The maximum absolute atomic E-state index is 13.2. The highest BCUT2D eigenvalue weighted by atomic mass is 35.5. The van der Waals surface area contributed by atoms with Gasteiger partial charge in [-0.3, -0.25) is 0 Å². The van der Waals surface area contributed by atoms with E-state index in [1.807, 2.05) is 0 Å². The molecule has 0 heterocycles. The zero-order valence-electron chi connectivity index (χ0n) is 18.1. The van der Waals surface area contributed by atoms with Crippen LogP contribution < -0.4 is 4.74 Å². The van der Waals surface area contributed by atoms with E-state index in [2.05, 4.69) is 0 Å². The van der Waals surface area contributed by atoms with Crippen molar-refractivity contribution in [2.45, 2.75) is 12.4 Å². The first-order valence-corrected chi connectivity index (χ1v) is 11.8. The summed E-state index contributed by atoms with van der Waals surface area (Å²) in [5, 5.41) is -1.01. The van der Waals surface area contributed by atoms with Crippen LogP contribution in [0.1, 0.15) is 11.1 Å². The van der Waals surface area contributed by atoms with E-state index in [4.69, 9.17) is 51.1 Å². The Bertz CT molecular complexity index is 1320. The van der Waals surface area contributed by atoms with Gasteiger partial charge in [0.25, 0.3) is 0 Å². The standard InChI is InChI=1S/C26H12Cl4F6O/c27-17-9-13(25(31,32)33)10-18(28)23(17)15-5-1-3-7-21(15)37-22-8-4-2-6-16(22)24-19(29)11-14(12-20(24)30)26(34,35)36/h1-12H. The Morgan fingerprint density at radius 3 is 1.08 bits per heavy atom. The van der Waals surface area contributed by atoms with Crippen molar-refractivity contribution in [3.63, 3.8) is 0 Å². The van der Waals surface area contributed by atoms with Gasteiger partial charge in [0.1, 0.15) is 11.5 Å². The molecule has 37 heavy (non-hydrogen) atoms. The van der Waals surface area contributed by atoms with Crippen LogP contribution in [0.5, 0.6) is 11.5 Å². The third-order valence-electron chi connectivity index (χ3n) is 5.27. The highest BCUT2D eigenvalue weighted by molar-refractivity contribution is 6.40. The van der Waals surface area contributed by atoms with Gasteiger partial charge >= 0.3 is 12.4 Å². The normalized spacial score (nSPS) is 12.1. The summed E-state index contributed by atoms with van der Waals surface area (Å²) in [6.07, 6.45) is -9.30. The first-order chi connectivity index (χ1) is 17.3. The molecule has 4 aromatic rings. The molecule has 192 valence electrons. The SMILES string of the molecule is FC(F)(F)c1cc(Cl)c(-c2ccccc2Oc2ccccc2-c2c(Cl)cc(C(F)(F)F)cc2Cl)c(Cl)c1. The van der Waals surface area contributed by atoms with E-state index in [-0.39, 0.29) is 53.8 Å². The molecule has 11 heteroatoms. The Morgan fingerprint density at radius 1 is 0.486 bits per heavy atom. The summed E-state index contributed by atoms with van der Waals surface area (Å²) in [5.74, 6) is 0.329. The lowest BCUT2D eigenvalue weighted by Crippen LogP contribution is -2.05. The van der Waals surface area contributed by atoms with Crippen molar-refractivity contribution >= 4 is 46.4 Å². The summed E-state index contributed by atoms with van der Waals surface area (Å²) >= 11 is 24.8. The minimum Gasteiger partial charge on any atom is -0.456 e. The fourth-order valence-corrected chi connectivity index (χ4v) is 5.01. The minimum atomic E-state index is -4.65. The van der Waals surface area contributed by atoms with Crippen molar-refractivity contribution in [2.75, 3.05) is 0 Å². The summed E-state index contributed by atoms with van der Waals surface area (Å²) in [6, 6.07) is 15.7. The van der Waals surface area contributed by atoms with Crippen LogP contribution in [0, 0.1) is 0 Å². The van der Waals surface area contributed by atoms with E-state index < -0.39 is 23.5 Å². The van der Waals surface area contributed by atoms with Crippen LogP contribution >= 0.6 is 46.4 Å².